The molecular weight excluding hydrogens is 112 g/mol. The maximum atomic E-state index is 3.38. The minimum atomic E-state index is 0.229. The third kappa shape index (κ3) is 0.970. The molecule has 2 N–H and O–H groups in total. The third-order valence-corrected chi connectivity index (χ3v) is 2.62. The minimum Gasteiger partial charge on any atom is -0.298 e. The van der Waals surface area contributed by atoms with Crippen LogP contribution in [0.2, 0.25) is 0 Å². The van der Waals surface area contributed by atoms with Gasteiger partial charge in [-0.15, -0.1) is 0 Å². The summed E-state index contributed by atoms with van der Waals surface area (Å²) in [6, 6.07) is 0. The fourth-order valence-electron chi connectivity index (χ4n) is 0.928. The normalized spacial score (nSPS) is 30.7. The van der Waals surface area contributed by atoms with Gasteiger partial charge in [0.05, 0.1) is 0 Å². The molecule has 0 aromatic carbocycles. The molecule has 1 saturated heterocycles. The van der Waals surface area contributed by atoms with Crippen molar-refractivity contribution in [2.75, 3.05) is 6.67 Å². The number of hydrogen-bond acceptors (Lipinski definition) is 2. The van der Waals surface area contributed by atoms with E-state index >= 15 is 0 Å². The zero-order chi connectivity index (χ0) is 7.12. The quantitative estimate of drug-likeness (QED) is 0.501. The van der Waals surface area contributed by atoms with Crippen molar-refractivity contribution in [1.82, 2.24) is 10.6 Å². The van der Waals surface area contributed by atoms with E-state index in [1.807, 2.05) is 0 Å². The number of rotatable bonds is 0. The van der Waals surface area contributed by atoms with Crippen LogP contribution < -0.4 is 10.6 Å². The first-order chi connectivity index (χ1) is 3.96. The SMILES string of the molecule is CC1(C)NCNC1(C)C. The highest BCUT2D eigenvalue weighted by Gasteiger charge is 2.40. The van der Waals surface area contributed by atoms with Crippen LogP contribution in [0.5, 0.6) is 0 Å². The van der Waals surface area contributed by atoms with Gasteiger partial charge in [0.1, 0.15) is 0 Å². The van der Waals surface area contributed by atoms with E-state index in [4.69, 9.17) is 0 Å². The van der Waals surface area contributed by atoms with E-state index in [0.29, 0.717) is 0 Å². The van der Waals surface area contributed by atoms with Gasteiger partial charge in [0, 0.05) is 17.7 Å². The van der Waals surface area contributed by atoms with Crippen molar-refractivity contribution in [2.45, 2.75) is 38.8 Å². The lowest BCUT2D eigenvalue weighted by atomic mass is 9.85. The fraction of sp³-hybridized carbons (Fsp3) is 1.00. The molecule has 0 unspecified atom stereocenters. The molecule has 0 spiro atoms. The van der Waals surface area contributed by atoms with Crippen LogP contribution in [-0.4, -0.2) is 17.7 Å². The Hall–Kier alpha value is -0.0800. The average molecular weight is 128 g/mol. The second-order valence-electron chi connectivity index (χ2n) is 3.78. The highest BCUT2D eigenvalue weighted by Crippen LogP contribution is 2.23. The molecule has 0 aliphatic carbocycles. The first-order valence-corrected chi connectivity index (χ1v) is 3.46. The van der Waals surface area contributed by atoms with E-state index in [1.165, 1.54) is 0 Å². The Morgan fingerprint density at radius 3 is 1.33 bits per heavy atom. The maximum Gasteiger partial charge on any atom is 0.0463 e. The van der Waals surface area contributed by atoms with E-state index in [9.17, 15) is 0 Å². The van der Waals surface area contributed by atoms with Crippen LogP contribution >= 0.6 is 0 Å². The molecule has 1 heterocycles. The summed E-state index contributed by atoms with van der Waals surface area (Å²) in [6.45, 7) is 9.79. The first kappa shape index (κ1) is 7.03. The summed E-state index contributed by atoms with van der Waals surface area (Å²) in [5.41, 5.74) is 0.458. The van der Waals surface area contributed by atoms with Gasteiger partial charge < -0.3 is 0 Å². The minimum absolute atomic E-state index is 0.229. The Balaban J connectivity index is 2.75. The standard InChI is InChI=1S/C7H16N2/c1-6(2)7(3,4)9-5-8-6/h8-9H,5H2,1-4H3. The van der Waals surface area contributed by atoms with Gasteiger partial charge in [-0.1, -0.05) is 0 Å². The average Bonchev–Trinajstić information content (AvgIpc) is 1.81. The Morgan fingerprint density at radius 1 is 0.889 bits per heavy atom. The van der Waals surface area contributed by atoms with Crippen molar-refractivity contribution < 1.29 is 0 Å². The molecule has 0 amide bonds. The van der Waals surface area contributed by atoms with Crippen LogP contribution in [0.25, 0.3) is 0 Å². The van der Waals surface area contributed by atoms with E-state index < -0.39 is 0 Å². The molecule has 0 saturated carbocycles. The second-order valence-corrected chi connectivity index (χ2v) is 3.78. The van der Waals surface area contributed by atoms with E-state index in [0.717, 1.165) is 6.67 Å². The molecule has 0 aromatic rings. The van der Waals surface area contributed by atoms with E-state index in [1.54, 1.807) is 0 Å². The van der Waals surface area contributed by atoms with Gasteiger partial charge >= 0.3 is 0 Å². The highest BCUT2D eigenvalue weighted by molar-refractivity contribution is 5.03. The van der Waals surface area contributed by atoms with Crippen LogP contribution in [-0.2, 0) is 0 Å². The molecule has 1 rings (SSSR count). The van der Waals surface area contributed by atoms with Gasteiger partial charge in [-0.3, -0.25) is 10.6 Å². The Kier molecular flexibility index (Phi) is 1.33. The summed E-state index contributed by atoms with van der Waals surface area (Å²) in [5, 5.41) is 6.75. The monoisotopic (exact) mass is 128 g/mol. The first-order valence-electron chi connectivity index (χ1n) is 3.46. The number of nitrogens with one attached hydrogen (secondary N) is 2. The van der Waals surface area contributed by atoms with Crippen LogP contribution in [0.15, 0.2) is 0 Å². The lowest BCUT2D eigenvalue weighted by Crippen LogP contribution is -2.51. The molecule has 9 heavy (non-hydrogen) atoms. The highest BCUT2D eigenvalue weighted by atomic mass is 15.2. The lowest BCUT2D eigenvalue weighted by Gasteiger charge is -2.33. The summed E-state index contributed by atoms with van der Waals surface area (Å²) in [4.78, 5) is 0. The molecule has 2 nitrogen and oxygen atoms in total. The predicted octanol–water partition coefficient (Wildman–Crippen LogP) is 0.694. The molecule has 1 aliphatic heterocycles. The van der Waals surface area contributed by atoms with Crippen LogP contribution in [0.3, 0.4) is 0 Å². The van der Waals surface area contributed by atoms with E-state index in [2.05, 4.69) is 38.3 Å². The molecule has 1 fully saturated rings. The van der Waals surface area contributed by atoms with Crippen molar-refractivity contribution in [3.05, 3.63) is 0 Å². The topological polar surface area (TPSA) is 24.1 Å². The fourth-order valence-corrected chi connectivity index (χ4v) is 0.928. The summed E-state index contributed by atoms with van der Waals surface area (Å²) < 4.78 is 0. The van der Waals surface area contributed by atoms with Crippen LogP contribution in [0.4, 0.5) is 0 Å². The van der Waals surface area contributed by atoms with Gasteiger partial charge in [0.25, 0.3) is 0 Å². The largest absolute Gasteiger partial charge is 0.298 e. The van der Waals surface area contributed by atoms with Crippen molar-refractivity contribution in [3.8, 4) is 0 Å². The zero-order valence-corrected chi connectivity index (χ0v) is 6.71. The summed E-state index contributed by atoms with van der Waals surface area (Å²) in [6.07, 6.45) is 0. The molecule has 0 radical (unpaired) electrons. The molecule has 54 valence electrons. The molecule has 0 bridgehead atoms. The molecule has 2 heteroatoms. The second kappa shape index (κ2) is 1.70. The smallest absolute Gasteiger partial charge is 0.0463 e. The van der Waals surface area contributed by atoms with Crippen molar-refractivity contribution >= 4 is 0 Å². The van der Waals surface area contributed by atoms with E-state index in [-0.39, 0.29) is 11.1 Å². The Labute approximate surface area is 57.0 Å². The van der Waals surface area contributed by atoms with Crippen molar-refractivity contribution in [1.29, 1.82) is 0 Å². The Bertz CT molecular complexity index is 102. The van der Waals surface area contributed by atoms with Gasteiger partial charge in [0.15, 0.2) is 0 Å². The summed E-state index contributed by atoms with van der Waals surface area (Å²) >= 11 is 0. The Morgan fingerprint density at radius 2 is 1.22 bits per heavy atom. The zero-order valence-electron chi connectivity index (χ0n) is 6.71. The van der Waals surface area contributed by atoms with Gasteiger partial charge in [-0.2, -0.15) is 0 Å². The third-order valence-electron chi connectivity index (χ3n) is 2.62. The summed E-state index contributed by atoms with van der Waals surface area (Å²) in [7, 11) is 0. The summed E-state index contributed by atoms with van der Waals surface area (Å²) in [5.74, 6) is 0. The van der Waals surface area contributed by atoms with Crippen molar-refractivity contribution in [2.24, 2.45) is 0 Å². The van der Waals surface area contributed by atoms with Gasteiger partial charge in [-0.25, -0.2) is 0 Å². The maximum absolute atomic E-state index is 3.38. The molecule has 0 aromatic heterocycles. The molecular formula is C7H16N2. The van der Waals surface area contributed by atoms with Gasteiger partial charge in [0.2, 0.25) is 0 Å². The van der Waals surface area contributed by atoms with Crippen LogP contribution in [0, 0.1) is 0 Å². The number of hydrogen-bond donors (Lipinski definition) is 2. The van der Waals surface area contributed by atoms with Crippen LogP contribution in [0.1, 0.15) is 27.7 Å². The molecule has 1 aliphatic rings. The van der Waals surface area contributed by atoms with Gasteiger partial charge in [-0.05, 0) is 27.7 Å². The molecule has 0 atom stereocenters. The lowest BCUT2D eigenvalue weighted by molar-refractivity contribution is 0.295. The van der Waals surface area contributed by atoms with Crippen molar-refractivity contribution in [3.63, 3.8) is 0 Å². The predicted molar refractivity (Wildman–Crippen MR) is 39.3 cm³/mol.